The van der Waals surface area contributed by atoms with Crippen molar-refractivity contribution in [2.45, 2.75) is 20.0 Å². The SMILES string of the molecule is Cc1ccccc1NC(=O)Cn1ncc2c3ccccc3n(Cc3ccccc3)c2c1=O. The Balaban J connectivity index is 1.57. The minimum Gasteiger partial charge on any atom is -0.331 e. The molecule has 0 aliphatic carbocycles. The molecular formula is C26H22N4O2. The average molecular weight is 422 g/mol. The minimum absolute atomic E-state index is 0.157. The van der Waals surface area contributed by atoms with Gasteiger partial charge in [0.05, 0.1) is 6.20 Å². The topological polar surface area (TPSA) is 68.9 Å². The van der Waals surface area contributed by atoms with Crippen LogP contribution >= 0.6 is 0 Å². The molecule has 0 bridgehead atoms. The molecule has 0 atom stereocenters. The van der Waals surface area contributed by atoms with E-state index in [0.717, 1.165) is 33.1 Å². The number of aromatic nitrogens is 3. The highest BCUT2D eigenvalue weighted by molar-refractivity contribution is 6.07. The summed E-state index contributed by atoms with van der Waals surface area (Å²) in [5.41, 5.74) is 4.01. The standard InChI is InChI=1S/C26H22N4O2/c1-18-9-5-7-13-22(18)28-24(31)17-30-26(32)25-21(15-27-30)20-12-6-8-14-23(20)29(25)16-19-10-3-2-4-11-19/h2-15H,16-17H2,1H3,(H,28,31). The van der Waals surface area contributed by atoms with Crippen LogP contribution in [0.4, 0.5) is 5.69 Å². The Morgan fingerprint density at radius 2 is 1.62 bits per heavy atom. The highest BCUT2D eigenvalue weighted by Gasteiger charge is 2.17. The molecule has 2 heterocycles. The lowest BCUT2D eigenvalue weighted by Gasteiger charge is -2.10. The van der Waals surface area contributed by atoms with Crippen molar-refractivity contribution >= 4 is 33.4 Å². The van der Waals surface area contributed by atoms with E-state index in [2.05, 4.69) is 10.4 Å². The summed E-state index contributed by atoms with van der Waals surface area (Å²) in [6.45, 7) is 2.32. The van der Waals surface area contributed by atoms with Gasteiger partial charge in [-0.05, 0) is 30.2 Å². The van der Waals surface area contributed by atoms with Gasteiger partial charge in [-0.25, -0.2) is 4.68 Å². The quantitative estimate of drug-likeness (QED) is 0.458. The fourth-order valence-electron chi connectivity index (χ4n) is 4.08. The summed E-state index contributed by atoms with van der Waals surface area (Å²) >= 11 is 0. The van der Waals surface area contributed by atoms with Crippen LogP contribution in [0, 0.1) is 6.92 Å². The van der Waals surface area contributed by atoms with Gasteiger partial charge < -0.3 is 9.88 Å². The third-order valence-corrected chi connectivity index (χ3v) is 5.67. The largest absolute Gasteiger partial charge is 0.331 e. The second-order valence-corrected chi connectivity index (χ2v) is 7.82. The molecule has 0 radical (unpaired) electrons. The maximum Gasteiger partial charge on any atom is 0.291 e. The fourth-order valence-corrected chi connectivity index (χ4v) is 4.08. The van der Waals surface area contributed by atoms with Crippen molar-refractivity contribution in [3.63, 3.8) is 0 Å². The molecule has 32 heavy (non-hydrogen) atoms. The summed E-state index contributed by atoms with van der Waals surface area (Å²) in [6.07, 6.45) is 1.68. The van der Waals surface area contributed by atoms with Crippen LogP contribution in [-0.4, -0.2) is 20.3 Å². The van der Waals surface area contributed by atoms with E-state index in [0.29, 0.717) is 12.1 Å². The van der Waals surface area contributed by atoms with Crippen LogP contribution in [0.5, 0.6) is 0 Å². The Hall–Kier alpha value is -4.19. The normalized spacial score (nSPS) is 11.2. The molecule has 158 valence electrons. The summed E-state index contributed by atoms with van der Waals surface area (Å²) in [6, 6.07) is 25.5. The van der Waals surface area contributed by atoms with Crippen LogP contribution in [-0.2, 0) is 17.9 Å². The Kier molecular flexibility index (Phi) is 5.03. The molecule has 0 aliphatic heterocycles. The number of anilines is 1. The second kappa shape index (κ2) is 8.15. The summed E-state index contributed by atoms with van der Waals surface area (Å²) in [4.78, 5) is 26.1. The van der Waals surface area contributed by atoms with Crippen molar-refractivity contribution in [1.29, 1.82) is 0 Å². The third-order valence-electron chi connectivity index (χ3n) is 5.67. The number of fused-ring (bicyclic) bond motifs is 3. The summed E-state index contributed by atoms with van der Waals surface area (Å²) in [5.74, 6) is -0.293. The summed E-state index contributed by atoms with van der Waals surface area (Å²) in [5, 5.41) is 8.94. The van der Waals surface area contributed by atoms with E-state index in [1.165, 1.54) is 4.68 Å². The van der Waals surface area contributed by atoms with E-state index in [4.69, 9.17) is 0 Å². The lowest BCUT2D eigenvalue weighted by atomic mass is 10.2. The van der Waals surface area contributed by atoms with E-state index in [1.54, 1.807) is 6.20 Å². The van der Waals surface area contributed by atoms with Crippen LogP contribution in [0.1, 0.15) is 11.1 Å². The van der Waals surface area contributed by atoms with Crippen molar-refractivity contribution < 1.29 is 4.79 Å². The van der Waals surface area contributed by atoms with Gasteiger partial charge in [-0.1, -0.05) is 66.7 Å². The second-order valence-electron chi connectivity index (χ2n) is 7.82. The predicted octanol–water partition coefficient (Wildman–Crippen LogP) is 4.35. The molecule has 5 rings (SSSR count). The Labute approximate surface area is 184 Å². The zero-order valence-electron chi connectivity index (χ0n) is 17.7. The number of benzene rings is 3. The first-order valence-electron chi connectivity index (χ1n) is 10.5. The predicted molar refractivity (Wildman–Crippen MR) is 127 cm³/mol. The lowest BCUT2D eigenvalue weighted by molar-refractivity contribution is -0.117. The molecule has 5 aromatic rings. The molecule has 0 aliphatic rings. The number of carbonyl (C=O) groups is 1. The fraction of sp³-hybridized carbons (Fsp3) is 0.115. The summed E-state index contributed by atoms with van der Waals surface area (Å²) < 4.78 is 3.25. The molecular weight excluding hydrogens is 400 g/mol. The lowest BCUT2D eigenvalue weighted by Crippen LogP contribution is -2.30. The van der Waals surface area contributed by atoms with Gasteiger partial charge in [0.15, 0.2) is 0 Å². The van der Waals surface area contributed by atoms with Gasteiger partial charge in [0.25, 0.3) is 5.56 Å². The number of hydrogen-bond acceptors (Lipinski definition) is 3. The number of rotatable bonds is 5. The van der Waals surface area contributed by atoms with Gasteiger partial charge in [0, 0.05) is 28.5 Å². The number of nitrogens with one attached hydrogen (secondary N) is 1. The zero-order chi connectivity index (χ0) is 22.1. The number of aryl methyl sites for hydroxylation is 1. The van der Waals surface area contributed by atoms with Gasteiger partial charge in [-0.2, -0.15) is 5.10 Å². The molecule has 6 heteroatoms. The molecule has 0 saturated carbocycles. The van der Waals surface area contributed by atoms with Gasteiger partial charge in [-0.3, -0.25) is 9.59 Å². The van der Waals surface area contributed by atoms with E-state index in [1.807, 2.05) is 90.4 Å². The molecule has 1 N–H and O–H groups in total. The van der Waals surface area contributed by atoms with Crippen molar-refractivity contribution in [1.82, 2.24) is 14.3 Å². The number of para-hydroxylation sites is 2. The van der Waals surface area contributed by atoms with Gasteiger partial charge >= 0.3 is 0 Å². The molecule has 0 saturated heterocycles. The molecule has 3 aromatic carbocycles. The van der Waals surface area contributed by atoms with E-state index >= 15 is 0 Å². The van der Waals surface area contributed by atoms with E-state index in [9.17, 15) is 9.59 Å². The van der Waals surface area contributed by atoms with Crippen molar-refractivity contribution in [3.8, 4) is 0 Å². The Morgan fingerprint density at radius 1 is 0.906 bits per heavy atom. The number of nitrogens with zero attached hydrogens (tertiary/aromatic N) is 3. The number of amides is 1. The smallest absolute Gasteiger partial charge is 0.291 e. The first-order chi connectivity index (χ1) is 15.6. The van der Waals surface area contributed by atoms with Crippen LogP contribution in [0.2, 0.25) is 0 Å². The highest BCUT2D eigenvalue weighted by atomic mass is 16.2. The van der Waals surface area contributed by atoms with Crippen LogP contribution in [0.15, 0.2) is 89.9 Å². The Bertz CT molecular complexity index is 1500. The molecule has 2 aromatic heterocycles. The van der Waals surface area contributed by atoms with Crippen molar-refractivity contribution in [2.24, 2.45) is 0 Å². The van der Waals surface area contributed by atoms with Crippen LogP contribution in [0.3, 0.4) is 0 Å². The Morgan fingerprint density at radius 3 is 2.44 bits per heavy atom. The highest BCUT2D eigenvalue weighted by Crippen LogP contribution is 2.27. The zero-order valence-corrected chi connectivity index (χ0v) is 17.7. The molecule has 6 nitrogen and oxygen atoms in total. The maximum atomic E-state index is 13.5. The summed E-state index contributed by atoms with van der Waals surface area (Å²) in [7, 11) is 0. The molecule has 0 fully saturated rings. The monoisotopic (exact) mass is 422 g/mol. The van der Waals surface area contributed by atoms with Crippen LogP contribution < -0.4 is 10.9 Å². The molecule has 0 spiro atoms. The first kappa shape index (κ1) is 19.8. The minimum atomic E-state index is -0.293. The van der Waals surface area contributed by atoms with Crippen molar-refractivity contribution in [2.75, 3.05) is 5.32 Å². The van der Waals surface area contributed by atoms with Crippen LogP contribution in [0.25, 0.3) is 21.8 Å². The number of carbonyl (C=O) groups excluding carboxylic acids is 1. The maximum absolute atomic E-state index is 13.5. The van der Waals surface area contributed by atoms with Gasteiger partial charge in [0.2, 0.25) is 5.91 Å². The molecule has 1 amide bonds. The third kappa shape index (κ3) is 3.56. The average Bonchev–Trinajstić information content (AvgIpc) is 3.12. The van der Waals surface area contributed by atoms with E-state index < -0.39 is 0 Å². The van der Waals surface area contributed by atoms with Crippen molar-refractivity contribution in [3.05, 3.63) is 107 Å². The van der Waals surface area contributed by atoms with Gasteiger partial charge in [-0.15, -0.1) is 0 Å². The number of hydrogen-bond donors (Lipinski definition) is 1. The molecule has 0 unspecified atom stereocenters. The first-order valence-corrected chi connectivity index (χ1v) is 10.5. The van der Waals surface area contributed by atoms with Gasteiger partial charge in [0.1, 0.15) is 12.1 Å². The van der Waals surface area contributed by atoms with E-state index in [-0.39, 0.29) is 18.0 Å².